The third-order valence-corrected chi connectivity index (χ3v) is 1.90. The van der Waals surface area contributed by atoms with E-state index in [9.17, 15) is 4.79 Å². The van der Waals surface area contributed by atoms with Crippen molar-refractivity contribution in [2.75, 3.05) is 0 Å². The first-order valence-corrected chi connectivity index (χ1v) is 4.14. The van der Waals surface area contributed by atoms with E-state index in [1.165, 1.54) is 4.68 Å². The van der Waals surface area contributed by atoms with Gasteiger partial charge >= 0.3 is 0 Å². The average Bonchev–Trinajstić information content (AvgIpc) is 2.49. The first-order valence-electron chi connectivity index (χ1n) is 3.35. The van der Waals surface area contributed by atoms with Gasteiger partial charge in [-0.2, -0.15) is 5.10 Å². The maximum Gasteiger partial charge on any atom is 0.258 e. The van der Waals surface area contributed by atoms with Gasteiger partial charge in [0.1, 0.15) is 6.04 Å². The van der Waals surface area contributed by atoms with Gasteiger partial charge in [0.25, 0.3) is 5.91 Å². The molecule has 0 aliphatic rings. The molecule has 1 amide bonds. The highest BCUT2D eigenvalue weighted by molar-refractivity contribution is 9.10. The summed E-state index contributed by atoms with van der Waals surface area (Å²) < 4.78 is 2.35. The second-order valence-electron chi connectivity index (χ2n) is 2.32. The molecule has 1 heterocycles. The minimum Gasteiger partial charge on any atom is -0.292 e. The number of nitrogens with zero attached hydrogens (tertiary/aromatic N) is 2. The lowest BCUT2D eigenvalue weighted by Gasteiger charge is -2.08. The van der Waals surface area contributed by atoms with Gasteiger partial charge in [-0.25, -0.2) is 5.84 Å². The smallest absolute Gasteiger partial charge is 0.258 e. The summed E-state index contributed by atoms with van der Waals surface area (Å²) in [6, 6.07) is -0.388. The summed E-state index contributed by atoms with van der Waals surface area (Å²) in [5.74, 6) is 4.69. The predicted molar refractivity (Wildman–Crippen MR) is 47.0 cm³/mol. The summed E-state index contributed by atoms with van der Waals surface area (Å²) in [4.78, 5) is 11.0. The first kappa shape index (κ1) is 9.21. The molecule has 0 fully saturated rings. The van der Waals surface area contributed by atoms with Gasteiger partial charge in [-0.05, 0) is 22.9 Å². The molecule has 0 aliphatic heterocycles. The molecule has 0 radical (unpaired) electrons. The van der Waals surface area contributed by atoms with Crippen LogP contribution in [-0.2, 0) is 4.79 Å². The summed E-state index contributed by atoms with van der Waals surface area (Å²) in [6.45, 7) is 1.71. The summed E-state index contributed by atoms with van der Waals surface area (Å²) in [6.07, 6.45) is 3.32. The SMILES string of the molecule is CC(C(=O)NN)n1cc(Br)cn1. The number of halogens is 1. The van der Waals surface area contributed by atoms with Gasteiger partial charge in [-0.1, -0.05) is 0 Å². The quantitative estimate of drug-likeness (QED) is 0.435. The van der Waals surface area contributed by atoms with Crippen molar-refractivity contribution < 1.29 is 4.79 Å². The molecular formula is C6H9BrN4O. The highest BCUT2D eigenvalue weighted by Gasteiger charge is 2.13. The Labute approximate surface area is 78.0 Å². The van der Waals surface area contributed by atoms with Crippen LogP contribution in [0.2, 0.25) is 0 Å². The fraction of sp³-hybridized carbons (Fsp3) is 0.333. The highest BCUT2D eigenvalue weighted by atomic mass is 79.9. The van der Waals surface area contributed by atoms with Crippen LogP contribution in [0.1, 0.15) is 13.0 Å². The molecule has 1 rings (SSSR count). The summed E-state index contributed by atoms with van der Waals surface area (Å²) >= 11 is 3.23. The number of amides is 1. The third-order valence-electron chi connectivity index (χ3n) is 1.49. The van der Waals surface area contributed by atoms with E-state index < -0.39 is 0 Å². The first-order chi connectivity index (χ1) is 5.65. The number of aromatic nitrogens is 2. The van der Waals surface area contributed by atoms with Crippen molar-refractivity contribution in [2.45, 2.75) is 13.0 Å². The van der Waals surface area contributed by atoms with E-state index in [0.29, 0.717) is 0 Å². The second kappa shape index (κ2) is 3.68. The largest absolute Gasteiger partial charge is 0.292 e. The Morgan fingerprint density at radius 1 is 1.92 bits per heavy atom. The minimum absolute atomic E-state index is 0.273. The number of hydrogen-bond donors (Lipinski definition) is 2. The molecule has 1 unspecified atom stereocenters. The molecule has 66 valence electrons. The van der Waals surface area contributed by atoms with Crippen LogP contribution >= 0.6 is 15.9 Å². The number of rotatable bonds is 2. The van der Waals surface area contributed by atoms with Crippen molar-refractivity contribution in [3.63, 3.8) is 0 Å². The molecule has 0 bridgehead atoms. The Balaban J connectivity index is 2.77. The Morgan fingerprint density at radius 3 is 3.00 bits per heavy atom. The van der Waals surface area contributed by atoms with Crippen molar-refractivity contribution in [1.29, 1.82) is 0 Å². The molecule has 1 aromatic heterocycles. The van der Waals surface area contributed by atoms with Crippen LogP contribution in [0.15, 0.2) is 16.9 Å². The minimum atomic E-state index is -0.388. The second-order valence-corrected chi connectivity index (χ2v) is 3.24. The van der Waals surface area contributed by atoms with Crippen molar-refractivity contribution in [3.05, 3.63) is 16.9 Å². The monoisotopic (exact) mass is 232 g/mol. The van der Waals surface area contributed by atoms with E-state index >= 15 is 0 Å². The molecule has 3 N–H and O–H groups in total. The number of carbonyl (C=O) groups excluding carboxylic acids is 1. The molecule has 0 aliphatic carbocycles. The lowest BCUT2D eigenvalue weighted by molar-refractivity contribution is -0.124. The lowest BCUT2D eigenvalue weighted by atomic mass is 10.3. The van der Waals surface area contributed by atoms with Crippen LogP contribution in [0.25, 0.3) is 0 Å². The Morgan fingerprint density at radius 2 is 2.58 bits per heavy atom. The number of nitrogens with one attached hydrogen (secondary N) is 1. The fourth-order valence-electron chi connectivity index (χ4n) is 0.767. The van der Waals surface area contributed by atoms with E-state index in [4.69, 9.17) is 5.84 Å². The third kappa shape index (κ3) is 1.83. The van der Waals surface area contributed by atoms with Crippen LogP contribution in [0.4, 0.5) is 0 Å². The van der Waals surface area contributed by atoms with E-state index in [-0.39, 0.29) is 11.9 Å². The molecule has 12 heavy (non-hydrogen) atoms. The van der Waals surface area contributed by atoms with E-state index in [1.54, 1.807) is 19.3 Å². The molecule has 0 spiro atoms. The van der Waals surface area contributed by atoms with Gasteiger partial charge in [0, 0.05) is 6.20 Å². The molecule has 0 saturated carbocycles. The van der Waals surface area contributed by atoms with Gasteiger partial charge in [0.2, 0.25) is 0 Å². The van der Waals surface area contributed by atoms with Crippen LogP contribution in [0.3, 0.4) is 0 Å². The summed E-state index contributed by atoms with van der Waals surface area (Å²) in [5, 5.41) is 3.94. The topological polar surface area (TPSA) is 72.9 Å². The molecule has 0 aromatic carbocycles. The fourth-order valence-corrected chi connectivity index (χ4v) is 1.07. The van der Waals surface area contributed by atoms with Crippen molar-refractivity contribution in [2.24, 2.45) is 5.84 Å². The average molecular weight is 233 g/mol. The number of nitrogens with two attached hydrogens (primary N) is 1. The number of hydrogen-bond acceptors (Lipinski definition) is 3. The zero-order valence-electron chi connectivity index (χ0n) is 6.49. The Kier molecular flexibility index (Phi) is 2.83. The maximum atomic E-state index is 11.0. The normalized spacial score (nSPS) is 12.6. The van der Waals surface area contributed by atoms with Gasteiger partial charge in [-0.3, -0.25) is 14.9 Å². The van der Waals surface area contributed by atoms with E-state index in [1.807, 2.05) is 0 Å². The molecule has 1 aromatic rings. The van der Waals surface area contributed by atoms with Gasteiger partial charge in [-0.15, -0.1) is 0 Å². The van der Waals surface area contributed by atoms with E-state index in [0.717, 1.165) is 4.47 Å². The molecular weight excluding hydrogens is 224 g/mol. The summed E-state index contributed by atoms with van der Waals surface area (Å²) in [5.41, 5.74) is 2.06. The molecule has 0 saturated heterocycles. The highest BCUT2D eigenvalue weighted by Crippen LogP contribution is 2.10. The van der Waals surface area contributed by atoms with Crippen molar-refractivity contribution in [3.8, 4) is 0 Å². The molecule has 1 atom stereocenters. The number of hydrazine groups is 1. The van der Waals surface area contributed by atoms with Crippen LogP contribution in [0.5, 0.6) is 0 Å². The van der Waals surface area contributed by atoms with E-state index in [2.05, 4.69) is 26.5 Å². The number of carbonyl (C=O) groups is 1. The van der Waals surface area contributed by atoms with Crippen LogP contribution < -0.4 is 11.3 Å². The summed E-state index contributed by atoms with van der Waals surface area (Å²) in [7, 11) is 0. The lowest BCUT2D eigenvalue weighted by Crippen LogP contribution is -2.36. The zero-order valence-corrected chi connectivity index (χ0v) is 8.08. The van der Waals surface area contributed by atoms with Crippen molar-refractivity contribution in [1.82, 2.24) is 15.2 Å². The van der Waals surface area contributed by atoms with Crippen molar-refractivity contribution >= 4 is 21.8 Å². The van der Waals surface area contributed by atoms with Gasteiger partial charge in [0.15, 0.2) is 0 Å². The standard InChI is InChI=1S/C6H9BrN4O/c1-4(6(12)10-8)11-3-5(7)2-9-11/h2-4H,8H2,1H3,(H,10,12). The van der Waals surface area contributed by atoms with Crippen LogP contribution in [0, 0.1) is 0 Å². The Bertz CT molecular complexity index is 285. The molecule has 6 heteroatoms. The maximum absolute atomic E-state index is 11.0. The van der Waals surface area contributed by atoms with Crippen LogP contribution in [-0.4, -0.2) is 15.7 Å². The van der Waals surface area contributed by atoms with Gasteiger partial charge in [0.05, 0.1) is 10.7 Å². The molecule has 5 nitrogen and oxygen atoms in total. The Hall–Kier alpha value is -0.880. The zero-order chi connectivity index (χ0) is 9.14. The predicted octanol–water partition coefficient (Wildman–Crippen LogP) is 0.197. The van der Waals surface area contributed by atoms with Gasteiger partial charge < -0.3 is 0 Å².